The molecule has 1 amide bonds. The SMILES string of the molecule is O=C(Cc1c[nH]c2ccccc12)NCc1cn2ccsc2n1. The van der Waals surface area contributed by atoms with E-state index in [9.17, 15) is 4.79 Å². The quantitative estimate of drug-likeness (QED) is 0.609. The van der Waals surface area contributed by atoms with Crippen LogP contribution in [0, 0.1) is 0 Å². The van der Waals surface area contributed by atoms with E-state index < -0.39 is 0 Å². The Bertz CT molecular complexity index is 921. The van der Waals surface area contributed by atoms with Crippen LogP contribution in [-0.2, 0) is 17.8 Å². The fraction of sp³-hybridized carbons (Fsp3) is 0.125. The molecule has 0 radical (unpaired) electrons. The van der Waals surface area contributed by atoms with E-state index in [2.05, 4.69) is 15.3 Å². The molecule has 0 fully saturated rings. The summed E-state index contributed by atoms with van der Waals surface area (Å²) in [7, 11) is 0. The minimum absolute atomic E-state index is 0.00103. The van der Waals surface area contributed by atoms with E-state index in [-0.39, 0.29) is 5.91 Å². The van der Waals surface area contributed by atoms with Crippen LogP contribution in [0.4, 0.5) is 0 Å². The Hall–Kier alpha value is -2.60. The third kappa shape index (κ3) is 2.37. The molecule has 0 aliphatic rings. The molecule has 0 saturated heterocycles. The number of rotatable bonds is 4. The number of aromatic amines is 1. The van der Waals surface area contributed by atoms with Gasteiger partial charge in [0, 0.05) is 34.9 Å². The second kappa shape index (κ2) is 5.31. The van der Waals surface area contributed by atoms with Crippen LogP contribution in [-0.4, -0.2) is 20.3 Å². The number of fused-ring (bicyclic) bond motifs is 2. The number of carbonyl (C=O) groups excluding carboxylic acids is 1. The summed E-state index contributed by atoms with van der Waals surface area (Å²) >= 11 is 1.58. The molecule has 0 saturated carbocycles. The highest BCUT2D eigenvalue weighted by Crippen LogP contribution is 2.18. The Morgan fingerprint density at radius 2 is 2.27 bits per heavy atom. The number of para-hydroxylation sites is 1. The first-order chi connectivity index (χ1) is 10.8. The number of thiazole rings is 1. The summed E-state index contributed by atoms with van der Waals surface area (Å²) in [5, 5.41) is 6.01. The van der Waals surface area contributed by atoms with E-state index in [0.717, 1.165) is 27.1 Å². The number of hydrogen-bond acceptors (Lipinski definition) is 3. The standard InChI is InChI=1S/C16H14N4OS/c21-15(7-11-8-17-14-4-2-1-3-13(11)14)18-9-12-10-20-5-6-22-16(20)19-12/h1-6,8,10,17H,7,9H2,(H,18,21). The Morgan fingerprint density at radius 3 is 3.18 bits per heavy atom. The first-order valence-electron chi connectivity index (χ1n) is 7.02. The van der Waals surface area contributed by atoms with Crippen molar-refractivity contribution in [1.29, 1.82) is 0 Å². The summed E-state index contributed by atoms with van der Waals surface area (Å²) in [4.78, 5) is 20.7. The maximum Gasteiger partial charge on any atom is 0.224 e. The molecule has 3 aromatic heterocycles. The predicted octanol–water partition coefficient (Wildman–Crippen LogP) is 2.74. The van der Waals surface area contributed by atoms with E-state index in [1.807, 2.05) is 52.6 Å². The maximum atomic E-state index is 12.1. The molecular formula is C16H14N4OS. The fourth-order valence-corrected chi connectivity index (χ4v) is 3.28. The summed E-state index contributed by atoms with van der Waals surface area (Å²) in [5.74, 6) is 0.00103. The number of amides is 1. The monoisotopic (exact) mass is 310 g/mol. The van der Waals surface area contributed by atoms with Crippen molar-refractivity contribution in [3.63, 3.8) is 0 Å². The molecule has 0 aliphatic carbocycles. The normalized spacial score (nSPS) is 11.3. The van der Waals surface area contributed by atoms with Gasteiger partial charge in [-0.2, -0.15) is 0 Å². The molecule has 0 atom stereocenters. The summed E-state index contributed by atoms with van der Waals surface area (Å²) < 4.78 is 1.96. The van der Waals surface area contributed by atoms with Crippen molar-refractivity contribution in [2.24, 2.45) is 0 Å². The van der Waals surface area contributed by atoms with Gasteiger partial charge in [0.05, 0.1) is 18.7 Å². The fourth-order valence-electron chi connectivity index (χ4n) is 2.56. The molecule has 6 heteroatoms. The highest BCUT2D eigenvalue weighted by Gasteiger charge is 2.09. The predicted molar refractivity (Wildman–Crippen MR) is 86.9 cm³/mol. The number of nitrogens with zero attached hydrogens (tertiary/aromatic N) is 2. The molecular weight excluding hydrogens is 296 g/mol. The van der Waals surface area contributed by atoms with Gasteiger partial charge in [-0.1, -0.05) is 18.2 Å². The second-order valence-electron chi connectivity index (χ2n) is 5.14. The lowest BCUT2D eigenvalue weighted by Crippen LogP contribution is -2.24. The first kappa shape index (κ1) is 13.1. The van der Waals surface area contributed by atoms with Crippen molar-refractivity contribution in [3.8, 4) is 0 Å². The zero-order chi connectivity index (χ0) is 14.9. The van der Waals surface area contributed by atoms with Crippen molar-refractivity contribution in [3.05, 3.63) is 59.5 Å². The zero-order valence-electron chi connectivity index (χ0n) is 11.7. The van der Waals surface area contributed by atoms with Crippen LogP contribution in [0.5, 0.6) is 0 Å². The van der Waals surface area contributed by atoms with Crippen molar-refractivity contribution in [1.82, 2.24) is 19.7 Å². The average Bonchev–Trinajstić information content (AvgIpc) is 3.20. The summed E-state index contributed by atoms with van der Waals surface area (Å²) in [5.41, 5.74) is 2.94. The highest BCUT2D eigenvalue weighted by atomic mass is 32.1. The molecule has 0 bridgehead atoms. The Labute approximate surface area is 130 Å². The summed E-state index contributed by atoms with van der Waals surface area (Å²) in [6, 6.07) is 8.00. The molecule has 3 heterocycles. The molecule has 0 spiro atoms. The van der Waals surface area contributed by atoms with Gasteiger partial charge in [0.1, 0.15) is 0 Å². The minimum atomic E-state index is 0.00103. The van der Waals surface area contributed by atoms with Gasteiger partial charge in [-0.05, 0) is 11.6 Å². The lowest BCUT2D eigenvalue weighted by molar-refractivity contribution is -0.120. The van der Waals surface area contributed by atoms with Gasteiger partial charge in [0.15, 0.2) is 4.96 Å². The van der Waals surface area contributed by atoms with Gasteiger partial charge in [0.25, 0.3) is 0 Å². The van der Waals surface area contributed by atoms with Crippen molar-refractivity contribution >= 4 is 33.1 Å². The topological polar surface area (TPSA) is 62.2 Å². The van der Waals surface area contributed by atoms with Gasteiger partial charge in [-0.15, -0.1) is 11.3 Å². The number of benzene rings is 1. The van der Waals surface area contributed by atoms with Crippen LogP contribution in [0.3, 0.4) is 0 Å². The van der Waals surface area contributed by atoms with E-state index >= 15 is 0 Å². The van der Waals surface area contributed by atoms with Crippen LogP contribution in [0.25, 0.3) is 15.9 Å². The molecule has 2 N–H and O–H groups in total. The second-order valence-corrected chi connectivity index (χ2v) is 6.01. The molecule has 5 nitrogen and oxygen atoms in total. The van der Waals surface area contributed by atoms with E-state index in [1.54, 1.807) is 11.3 Å². The zero-order valence-corrected chi connectivity index (χ0v) is 12.6. The molecule has 1 aromatic carbocycles. The van der Waals surface area contributed by atoms with Gasteiger partial charge >= 0.3 is 0 Å². The van der Waals surface area contributed by atoms with Crippen LogP contribution in [0.1, 0.15) is 11.3 Å². The van der Waals surface area contributed by atoms with Gasteiger partial charge in [-0.25, -0.2) is 4.98 Å². The van der Waals surface area contributed by atoms with Crippen LogP contribution < -0.4 is 5.32 Å². The van der Waals surface area contributed by atoms with Crippen LogP contribution in [0.15, 0.2) is 48.2 Å². The Kier molecular flexibility index (Phi) is 3.16. The van der Waals surface area contributed by atoms with Crippen molar-refractivity contribution < 1.29 is 4.79 Å². The largest absolute Gasteiger partial charge is 0.361 e. The summed E-state index contributed by atoms with van der Waals surface area (Å²) in [6.45, 7) is 0.454. The van der Waals surface area contributed by atoms with E-state index in [4.69, 9.17) is 0 Å². The van der Waals surface area contributed by atoms with E-state index in [0.29, 0.717) is 13.0 Å². The Balaban J connectivity index is 1.43. The lowest BCUT2D eigenvalue weighted by Gasteiger charge is -2.02. The molecule has 22 heavy (non-hydrogen) atoms. The van der Waals surface area contributed by atoms with Crippen molar-refractivity contribution in [2.75, 3.05) is 0 Å². The third-order valence-corrected chi connectivity index (χ3v) is 4.41. The third-order valence-electron chi connectivity index (χ3n) is 3.64. The molecule has 4 aromatic rings. The van der Waals surface area contributed by atoms with E-state index in [1.165, 1.54) is 0 Å². The Morgan fingerprint density at radius 1 is 1.36 bits per heavy atom. The number of imidazole rings is 1. The average molecular weight is 310 g/mol. The number of aromatic nitrogens is 3. The molecule has 0 aliphatic heterocycles. The van der Waals surface area contributed by atoms with Gasteiger partial charge in [-0.3, -0.25) is 9.20 Å². The van der Waals surface area contributed by atoms with Crippen molar-refractivity contribution in [2.45, 2.75) is 13.0 Å². The number of hydrogen-bond donors (Lipinski definition) is 2. The first-order valence-corrected chi connectivity index (χ1v) is 7.90. The maximum absolute atomic E-state index is 12.1. The minimum Gasteiger partial charge on any atom is -0.361 e. The molecule has 110 valence electrons. The lowest BCUT2D eigenvalue weighted by atomic mass is 10.1. The number of carbonyl (C=O) groups is 1. The highest BCUT2D eigenvalue weighted by molar-refractivity contribution is 7.15. The van der Waals surface area contributed by atoms with Gasteiger partial charge < -0.3 is 10.3 Å². The van der Waals surface area contributed by atoms with Gasteiger partial charge in [0.2, 0.25) is 5.91 Å². The molecule has 0 unspecified atom stereocenters. The molecule has 4 rings (SSSR count). The van der Waals surface area contributed by atoms with Crippen LogP contribution >= 0.6 is 11.3 Å². The summed E-state index contributed by atoms with van der Waals surface area (Å²) in [6.07, 6.45) is 6.17. The van der Waals surface area contributed by atoms with Crippen LogP contribution in [0.2, 0.25) is 0 Å². The number of H-pyrrole nitrogens is 1. The smallest absolute Gasteiger partial charge is 0.224 e. The number of nitrogens with one attached hydrogen (secondary N) is 2.